The highest BCUT2D eigenvalue weighted by Gasteiger charge is 2.23. The highest BCUT2D eigenvalue weighted by Crippen LogP contribution is 2.38. The first-order valence-electron chi connectivity index (χ1n) is 4.76. The molecule has 0 atom stereocenters. The second-order valence-corrected chi connectivity index (χ2v) is 4.36. The van der Waals surface area contributed by atoms with Gasteiger partial charge in [-0.2, -0.15) is 0 Å². The van der Waals surface area contributed by atoms with Crippen LogP contribution in [0.15, 0.2) is 10.5 Å². The van der Waals surface area contributed by atoms with Crippen molar-refractivity contribution in [3.8, 4) is 5.75 Å². The number of carboxylic acid groups (broad SMARTS) is 1. The molecule has 15 heavy (non-hydrogen) atoms. The zero-order valence-corrected chi connectivity index (χ0v) is 9.93. The molecular weight excluding hydrogens is 260 g/mol. The number of methoxy groups -OCH3 is 1. The molecule has 80 valence electrons. The Morgan fingerprint density at radius 2 is 2.27 bits per heavy atom. The van der Waals surface area contributed by atoms with E-state index in [1.165, 1.54) is 12.7 Å². The molecule has 2 rings (SSSR count). The third-order valence-corrected chi connectivity index (χ3v) is 3.56. The number of hydrogen-bond acceptors (Lipinski definition) is 2. The lowest BCUT2D eigenvalue weighted by Gasteiger charge is -2.11. The Morgan fingerprint density at radius 1 is 1.53 bits per heavy atom. The zero-order valence-electron chi connectivity index (χ0n) is 8.34. The Labute approximate surface area is 96.2 Å². The number of rotatable bonds is 2. The second kappa shape index (κ2) is 3.85. The Balaban J connectivity index is 2.66. The van der Waals surface area contributed by atoms with Gasteiger partial charge in [0, 0.05) is 0 Å². The van der Waals surface area contributed by atoms with Crippen LogP contribution in [0.25, 0.3) is 0 Å². The van der Waals surface area contributed by atoms with Gasteiger partial charge >= 0.3 is 5.97 Å². The van der Waals surface area contributed by atoms with Gasteiger partial charge in [0.2, 0.25) is 0 Å². The molecule has 0 aliphatic heterocycles. The molecule has 3 nitrogen and oxygen atoms in total. The van der Waals surface area contributed by atoms with Crippen LogP contribution in [0.2, 0.25) is 0 Å². The van der Waals surface area contributed by atoms with Crippen molar-refractivity contribution >= 4 is 21.9 Å². The van der Waals surface area contributed by atoms with Crippen molar-refractivity contribution in [2.45, 2.75) is 19.3 Å². The van der Waals surface area contributed by atoms with Crippen molar-refractivity contribution in [2.24, 2.45) is 0 Å². The van der Waals surface area contributed by atoms with E-state index in [9.17, 15) is 4.79 Å². The van der Waals surface area contributed by atoms with Crippen LogP contribution in [0, 0.1) is 0 Å². The van der Waals surface area contributed by atoms with Gasteiger partial charge in [0.25, 0.3) is 0 Å². The second-order valence-electron chi connectivity index (χ2n) is 3.57. The number of ether oxygens (including phenoxy) is 1. The number of benzene rings is 1. The van der Waals surface area contributed by atoms with Crippen molar-refractivity contribution in [2.75, 3.05) is 7.11 Å². The highest BCUT2D eigenvalue weighted by molar-refractivity contribution is 9.10. The smallest absolute Gasteiger partial charge is 0.339 e. The molecular formula is C11H11BrO3. The van der Waals surface area contributed by atoms with Gasteiger partial charge in [-0.3, -0.25) is 0 Å². The maximum absolute atomic E-state index is 11.0. The third-order valence-electron chi connectivity index (χ3n) is 2.72. The zero-order chi connectivity index (χ0) is 11.0. The quantitative estimate of drug-likeness (QED) is 0.899. The molecule has 0 fully saturated rings. The summed E-state index contributed by atoms with van der Waals surface area (Å²) in [5, 5.41) is 9.05. The van der Waals surface area contributed by atoms with Crippen molar-refractivity contribution in [1.82, 2.24) is 0 Å². The molecule has 0 spiro atoms. The molecule has 0 saturated heterocycles. The van der Waals surface area contributed by atoms with Gasteiger partial charge in [-0.15, -0.1) is 0 Å². The van der Waals surface area contributed by atoms with Gasteiger partial charge in [-0.25, -0.2) is 4.79 Å². The monoisotopic (exact) mass is 270 g/mol. The number of aromatic carboxylic acids is 1. The molecule has 0 bridgehead atoms. The summed E-state index contributed by atoms with van der Waals surface area (Å²) in [6, 6.07) is 1.73. The third kappa shape index (κ3) is 1.63. The van der Waals surface area contributed by atoms with E-state index in [1.54, 1.807) is 6.07 Å². The normalized spacial score (nSPS) is 13.7. The number of aryl methyl sites for hydroxylation is 1. The van der Waals surface area contributed by atoms with E-state index in [4.69, 9.17) is 9.84 Å². The van der Waals surface area contributed by atoms with Gasteiger partial charge in [-0.05, 0) is 52.4 Å². The van der Waals surface area contributed by atoms with Crippen molar-refractivity contribution < 1.29 is 14.6 Å². The Kier molecular flexibility index (Phi) is 2.69. The van der Waals surface area contributed by atoms with E-state index < -0.39 is 5.97 Å². The molecule has 0 heterocycles. The first-order valence-corrected chi connectivity index (χ1v) is 5.56. The standard InChI is InChI=1S/C11H11BrO3/c1-15-10-8(11(13)14)5-6-3-2-4-7(6)9(10)12/h5H,2-4H2,1H3,(H,13,14). The molecule has 4 heteroatoms. The topological polar surface area (TPSA) is 46.5 Å². The number of carboxylic acids is 1. The molecule has 1 aromatic carbocycles. The average Bonchev–Trinajstić information content (AvgIpc) is 2.65. The number of fused-ring (bicyclic) bond motifs is 1. The van der Waals surface area contributed by atoms with Crippen LogP contribution in [0.3, 0.4) is 0 Å². The summed E-state index contributed by atoms with van der Waals surface area (Å²) in [5.41, 5.74) is 2.56. The molecule has 1 aromatic rings. The summed E-state index contributed by atoms with van der Waals surface area (Å²) < 4.78 is 5.94. The van der Waals surface area contributed by atoms with E-state index in [0.29, 0.717) is 5.75 Å². The van der Waals surface area contributed by atoms with Crippen LogP contribution in [0.5, 0.6) is 5.75 Å². The lowest BCUT2D eigenvalue weighted by molar-refractivity contribution is 0.0693. The Bertz CT molecular complexity index is 426. The fourth-order valence-corrected chi connectivity index (χ4v) is 2.86. The van der Waals surface area contributed by atoms with Crippen LogP contribution < -0.4 is 4.74 Å². The minimum atomic E-state index is -0.942. The van der Waals surface area contributed by atoms with Gasteiger partial charge in [0.1, 0.15) is 11.3 Å². The van der Waals surface area contributed by atoms with Crippen LogP contribution in [-0.4, -0.2) is 18.2 Å². The SMILES string of the molecule is COc1c(C(=O)O)cc2c(c1Br)CCC2. The summed E-state index contributed by atoms with van der Waals surface area (Å²) in [6.07, 6.45) is 3.03. The predicted octanol–water partition coefficient (Wildman–Crippen LogP) is 2.64. The van der Waals surface area contributed by atoms with Gasteiger partial charge in [0.15, 0.2) is 0 Å². The molecule has 0 unspecified atom stereocenters. The largest absolute Gasteiger partial charge is 0.495 e. The van der Waals surface area contributed by atoms with Crippen LogP contribution >= 0.6 is 15.9 Å². The van der Waals surface area contributed by atoms with E-state index in [0.717, 1.165) is 29.3 Å². The van der Waals surface area contributed by atoms with Crippen LogP contribution in [0.1, 0.15) is 27.9 Å². The molecule has 0 aromatic heterocycles. The van der Waals surface area contributed by atoms with E-state index in [-0.39, 0.29) is 5.56 Å². The first kappa shape index (κ1) is 10.5. The summed E-state index contributed by atoms with van der Waals surface area (Å²) in [4.78, 5) is 11.0. The molecule has 1 N–H and O–H groups in total. The van der Waals surface area contributed by atoms with Gasteiger partial charge in [0.05, 0.1) is 11.6 Å². The highest BCUT2D eigenvalue weighted by atomic mass is 79.9. The number of halogens is 1. The predicted molar refractivity (Wildman–Crippen MR) is 59.7 cm³/mol. The first-order chi connectivity index (χ1) is 7.15. The average molecular weight is 271 g/mol. The summed E-state index contributed by atoms with van der Waals surface area (Å²) in [6.45, 7) is 0. The fourth-order valence-electron chi connectivity index (χ4n) is 2.03. The Morgan fingerprint density at radius 3 is 2.87 bits per heavy atom. The number of hydrogen-bond donors (Lipinski definition) is 1. The lowest BCUT2D eigenvalue weighted by Crippen LogP contribution is -2.03. The molecule has 1 aliphatic rings. The lowest BCUT2D eigenvalue weighted by atomic mass is 10.1. The molecule has 0 amide bonds. The van der Waals surface area contributed by atoms with Gasteiger partial charge in [-0.1, -0.05) is 0 Å². The summed E-state index contributed by atoms with van der Waals surface area (Å²) in [5.74, 6) is -0.509. The summed E-state index contributed by atoms with van der Waals surface area (Å²) in [7, 11) is 1.49. The van der Waals surface area contributed by atoms with Crippen molar-refractivity contribution in [3.63, 3.8) is 0 Å². The number of carbonyl (C=O) groups is 1. The summed E-state index contributed by atoms with van der Waals surface area (Å²) >= 11 is 3.42. The van der Waals surface area contributed by atoms with Crippen molar-refractivity contribution in [3.05, 3.63) is 27.2 Å². The Hall–Kier alpha value is -1.03. The van der Waals surface area contributed by atoms with Gasteiger partial charge < -0.3 is 9.84 Å². The van der Waals surface area contributed by atoms with E-state index in [2.05, 4.69) is 15.9 Å². The van der Waals surface area contributed by atoms with Crippen molar-refractivity contribution in [1.29, 1.82) is 0 Å². The molecule has 1 aliphatic carbocycles. The minimum absolute atomic E-state index is 0.241. The maximum atomic E-state index is 11.0. The molecule has 0 radical (unpaired) electrons. The van der Waals surface area contributed by atoms with Crippen LogP contribution in [-0.2, 0) is 12.8 Å². The van der Waals surface area contributed by atoms with E-state index >= 15 is 0 Å². The maximum Gasteiger partial charge on any atom is 0.339 e. The fraction of sp³-hybridized carbons (Fsp3) is 0.364. The molecule has 0 saturated carbocycles. The minimum Gasteiger partial charge on any atom is -0.495 e. The van der Waals surface area contributed by atoms with Crippen LogP contribution in [0.4, 0.5) is 0 Å². The van der Waals surface area contributed by atoms with E-state index in [1.807, 2.05) is 0 Å².